The largest absolute Gasteiger partial charge is 0.295 e. The maximum absolute atomic E-state index is 12.0. The molecule has 1 saturated heterocycles. The number of nitrogens with zero attached hydrogens (tertiary/aromatic N) is 1. The molecule has 2 heterocycles. The Morgan fingerprint density at radius 2 is 2.06 bits per heavy atom. The maximum Gasteiger partial charge on any atom is 0.186 e. The van der Waals surface area contributed by atoms with Gasteiger partial charge in [0.2, 0.25) is 0 Å². The molecule has 1 aliphatic heterocycles. The predicted molar refractivity (Wildman–Crippen MR) is 70.9 cm³/mol. The lowest BCUT2D eigenvalue weighted by Gasteiger charge is -2.14. The monoisotopic (exact) mass is 269 g/mol. The molecule has 2 fully saturated rings. The molecular formula is C13H16ClNOS. The van der Waals surface area contributed by atoms with E-state index in [1.807, 2.05) is 6.07 Å². The third-order valence-electron chi connectivity index (χ3n) is 4.02. The van der Waals surface area contributed by atoms with E-state index in [9.17, 15) is 4.79 Å². The molecule has 2 unspecified atom stereocenters. The van der Waals surface area contributed by atoms with E-state index < -0.39 is 0 Å². The Labute approximate surface area is 111 Å². The first kappa shape index (κ1) is 11.7. The minimum Gasteiger partial charge on any atom is -0.295 e. The van der Waals surface area contributed by atoms with Gasteiger partial charge in [-0.2, -0.15) is 0 Å². The summed E-state index contributed by atoms with van der Waals surface area (Å²) in [6, 6.07) is 3.64. The molecule has 17 heavy (non-hydrogen) atoms. The summed E-state index contributed by atoms with van der Waals surface area (Å²) in [5, 5.41) is 0. The zero-order valence-corrected chi connectivity index (χ0v) is 11.3. The summed E-state index contributed by atoms with van der Waals surface area (Å²) < 4.78 is 0.701. The third kappa shape index (κ3) is 2.42. The number of hydrogen-bond donors (Lipinski definition) is 0. The Balaban J connectivity index is 1.59. The highest BCUT2D eigenvalue weighted by Gasteiger charge is 2.36. The topological polar surface area (TPSA) is 20.3 Å². The van der Waals surface area contributed by atoms with Gasteiger partial charge in [-0.25, -0.2) is 0 Å². The van der Waals surface area contributed by atoms with Crippen LogP contribution in [0.4, 0.5) is 0 Å². The Bertz CT molecular complexity index is 419. The molecule has 4 heteroatoms. The van der Waals surface area contributed by atoms with Crippen molar-refractivity contribution in [3.8, 4) is 0 Å². The summed E-state index contributed by atoms with van der Waals surface area (Å²) in [7, 11) is 0. The highest BCUT2D eigenvalue weighted by molar-refractivity contribution is 7.18. The molecule has 0 aromatic carbocycles. The Morgan fingerprint density at radius 1 is 1.35 bits per heavy atom. The molecule has 3 rings (SSSR count). The predicted octanol–water partition coefficient (Wildman–Crippen LogP) is 3.32. The Morgan fingerprint density at radius 3 is 2.65 bits per heavy atom. The minimum absolute atomic E-state index is 0.224. The molecule has 1 saturated carbocycles. The molecule has 2 aliphatic rings. The number of hydrogen-bond acceptors (Lipinski definition) is 3. The fourth-order valence-corrected chi connectivity index (χ4v) is 4.18. The highest BCUT2D eigenvalue weighted by atomic mass is 35.5. The molecule has 0 spiro atoms. The molecule has 1 aromatic heterocycles. The molecule has 92 valence electrons. The van der Waals surface area contributed by atoms with E-state index in [0.717, 1.165) is 29.8 Å². The lowest BCUT2D eigenvalue weighted by molar-refractivity contribution is 0.0945. The zero-order valence-electron chi connectivity index (χ0n) is 9.69. The third-order valence-corrected chi connectivity index (χ3v) is 5.29. The smallest absolute Gasteiger partial charge is 0.186 e. The van der Waals surface area contributed by atoms with Crippen molar-refractivity contribution in [1.29, 1.82) is 0 Å². The fraction of sp³-hybridized carbons (Fsp3) is 0.615. The van der Waals surface area contributed by atoms with E-state index in [1.165, 1.54) is 30.6 Å². The number of fused-ring (bicyclic) bond motifs is 1. The van der Waals surface area contributed by atoms with E-state index >= 15 is 0 Å². The van der Waals surface area contributed by atoms with Crippen LogP contribution >= 0.6 is 22.9 Å². The number of carbonyl (C=O) groups is 1. The number of likely N-dealkylation sites (tertiary alicyclic amines) is 1. The average molecular weight is 270 g/mol. The van der Waals surface area contributed by atoms with Crippen molar-refractivity contribution in [2.75, 3.05) is 19.6 Å². The van der Waals surface area contributed by atoms with Gasteiger partial charge in [0.15, 0.2) is 5.78 Å². The van der Waals surface area contributed by atoms with Gasteiger partial charge in [-0.3, -0.25) is 9.69 Å². The van der Waals surface area contributed by atoms with Crippen LogP contribution in [0.1, 0.15) is 28.9 Å². The van der Waals surface area contributed by atoms with Gasteiger partial charge in [-0.05, 0) is 36.8 Å². The Kier molecular flexibility index (Phi) is 3.24. The first-order valence-electron chi connectivity index (χ1n) is 6.23. The van der Waals surface area contributed by atoms with Crippen molar-refractivity contribution in [3.63, 3.8) is 0 Å². The summed E-state index contributed by atoms with van der Waals surface area (Å²) in [5.74, 6) is 1.94. The van der Waals surface area contributed by atoms with Gasteiger partial charge in [0.1, 0.15) is 0 Å². The molecule has 0 bridgehead atoms. The summed E-state index contributed by atoms with van der Waals surface area (Å²) in [6.07, 6.45) is 4.11. The number of rotatable bonds is 3. The zero-order chi connectivity index (χ0) is 11.8. The summed E-state index contributed by atoms with van der Waals surface area (Å²) in [4.78, 5) is 15.2. The second-order valence-electron chi connectivity index (χ2n) is 5.17. The lowest BCUT2D eigenvalue weighted by Crippen LogP contribution is -2.28. The highest BCUT2D eigenvalue weighted by Crippen LogP contribution is 2.37. The quantitative estimate of drug-likeness (QED) is 0.785. The molecule has 0 radical (unpaired) electrons. The molecule has 1 aromatic rings. The first-order valence-corrected chi connectivity index (χ1v) is 7.43. The van der Waals surface area contributed by atoms with Crippen molar-refractivity contribution < 1.29 is 4.79 Å². The number of ketones is 1. The van der Waals surface area contributed by atoms with Crippen LogP contribution in [0.3, 0.4) is 0 Å². The molecule has 2 nitrogen and oxygen atoms in total. The maximum atomic E-state index is 12.0. The van der Waals surface area contributed by atoms with Crippen molar-refractivity contribution in [1.82, 2.24) is 4.90 Å². The van der Waals surface area contributed by atoms with Crippen LogP contribution in [0.2, 0.25) is 4.34 Å². The van der Waals surface area contributed by atoms with E-state index in [4.69, 9.17) is 11.6 Å². The van der Waals surface area contributed by atoms with Crippen LogP contribution < -0.4 is 0 Å². The Hall–Kier alpha value is -0.380. The summed E-state index contributed by atoms with van der Waals surface area (Å²) in [5.41, 5.74) is 0. The molecule has 0 N–H and O–H groups in total. The number of Topliss-reactive ketones (excluding diaryl/α,β-unsaturated/α-hetero) is 1. The molecule has 0 amide bonds. The van der Waals surface area contributed by atoms with Gasteiger partial charge in [-0.15, -0.1) is 11.3 Å². The van der Waals surface area contributed by atoms with Crippen LogP contribution in [0.25, 0.3) is 0 Å². The number of halogens is 1. The van der Waals surface area contributed by atoms with Crippen molar-refractivity contribution in [2.45, 2.75) is 19.3 Å². The summed E-state index contributed by atoms with van der Waals surface area (Å²) >= 11 is 7.24. The second kappa shape index (κ2) is 4.71. The van der Waals surface area contributed by atoms with Crippen LogP contribution in [-0.2, 0) is 0 Å². The van der Waals surface area contributed by atoms with E-state index in [2.05, 4.69) is 4.90 Å². The number of thiophene rings is 1. The van der Waals surface area contributed by atoms with Crippen molar-refractivity contribution in [2.24, 2.45) is 11.8 Å². The van der Waals surface area contributed by atoms with E-state index in [1.54, 1.807) is 6.07 Å². The minimum atomic E-state index is 0.224. The number of carbonyl (C=O) groups excluding carboxylic acids is 1. The van der Waals surface area contributed by atoms with E-state index in [-0.39, 0.29) is 5.78 Å². The second-order valence-corrected chi connectivity index (χ2v) is 6.89. The van der Waals surface area contributed by atoms with Gasteiger partial charge in [0.25, 0.3) is 0 Å². The van der Waals surface area contributed by atoms with Crippen LogP contribution in [0.15, 0.2) is 12.1 Å². The van der Waals surface area contributed by atoms with Crippen LogP contribution in [-0.4, -0.2) is 30.3 Å². The standard InChI is InChI=1S/C13H16ClNOS/c14-13-5-4-12(17-13)11(16)8-15-6-9-2-1-3-10(9)7-15/h4-5,9-10H,1-3,6-8H2. The first-order chi connectivity index (χ1) is 8.22. The van der Waals surface area contributed by atoms with Gasteiger partial charge in [0, 0.05) is 13.1 Å². The SMILES string of the molecule is O=C(CN1CC2CCCC2C1)c1ccc(Cl)s1. The van der Waals surface area contributed by atoms with Gasteiger partial charge in [0.05, 0.1) is 15.8 Å². The van der Waals surface area contributed by atoms with Crippen molar-refractivity contribution in [3.05, 3.63) is 21.3 Å². The molecular weight excluding hydrogens is 254 g/mol. The van der Waals surface area contributed by atoms with Crippen molar-refractivity contribution >= 4 is 28.7 Å². The van der Waals surface area contributed by atoms with Crippen LogP contribution in [0, 0.1) is 11.8 Å². The fourth-order valence-electron chi connectivity index (χ4n) is 3.21. The normalized spacial score (nSPS) is 28.5. The van der Waals surface area contributed by atoms with Gasteiger partial charge >= 0.3 is 0 Å². The molecule has 1 aliphatic carbocycles. The average Bonchev–Trinajstić information content (AvgIpc) is 2.92. The summed E-state index contributed by atoms with van der Waals surface area (Å²) in [6.45, 7) is 2.81. The molecule has 2 atom stereocenters. The van der Waals surface area contributed by atoms with Crippen LogP contribution in [0.5, 0.6) is 0 Å². The van der Waals surface area contributed by atoms with E-state index in [0.29, 0.717) is 10.9 Å². The van der Waals surface area contributed by atoms with Gasteiger partial charge < -0.3 is 0 Å². The lowest BCUT2D eigenvalue weighted by atomic mass is 10.0. The van der Waals surface area contributed by atoms with Gasteiger partial charge in [-0.1, -0.05) is 18.0 Å².